The van der Waals surface area contributed by atoms with E-state index in [9.17, 15) is 4.79 Å². The van der Waals surface area contributed by atoms with Crippen molar-refractivity contribution in [3.63, 3.8) is 0 Å². The SMILES string of the molecule is COCCNC(=O)C[NH2+]C[C@H](c1ccco1)[NH+]1CCCCC1. The molecule has 1 aromatic heterocycles. The molecular formula is C16H29N3O3+2. The van der Waals surface area contributed by atoms with E-state index in [1.807, 2.05) is 6.07 Å². The van der Waals surface area contributed by atoms with Crippen molar-refractivity contribution in [3.8, 4) is 0 Å². The zero-order valence-corrected chi connectivity index (χ0v) is 13.5. The van der Waals surface area contributed by atoms with Crippen molar-refractivity contribution in [2.75, 3.05) is 46.4 Å². The van der Waals surface area contributed by atoms with Gasteiger partial charge in [0.25, 0.3) is 5.91 Å². The van der Waals surface area contributed by atoms with Gasteiger partial charge in [-0.25, -0.2) is 0 Å². The lowest BCUT2D eigenvalue weighted by Gasteiger charge is -2.29. The number of carbonyl (C=O) groups excluding carboxylic acids is 1. The molecule has 0 aliphatic carbocycles. The summed E-state index contributed by atoms with van der Waals surface area (Å²) in [5.41, 5.74) is 0. The number of nitrogens with one attached hydrogen (secondary N) is 2. The number of piperidine rings is 1. The first-order chi connectivity index (χ1) is 10.8. The minimum atomic E-state index is 0.0592. The van der Waals surface area contributed by atoms with E-state index in [2.05, 4.69) is 16.7 Å². The lowest BCUT2D eigenvalue weighted by Crippen LogP contribution is -3.15. The van der Waals surface area contributed by atoms with Crippen molar-refractivity contribution in [1.82, 2.24) is 5.32 Å². The molecule has 2 rings (SSSR count). The minimum Gasteiger partial charge on any atom is -0.463 e. The van der Waals surface area contributed by atoms with Crippen LogP contribution in [0.4, 0.5) is 0 Å². The highest BCUT2D eigenvalue weighted by Crippen LogP contribution is 2.10. The molecule has 0 spiro atoms. The second-order valence-corrected chi connectivity index (χ2v) is 5.86. The van der Waals surface area contributed by atoms with Crippen LogP contribution in [0.2, 0.25) is 0 Å². The number of likely N-dealkylation sites (tertiary alicyclic amines) is 1. The van der Waals surface area contributed by atoms with Gasteiger partial charge in [-0.15, -0.1) is 0 Å². The van der Waals surface area contributed by atoms with Crippen LogP contribution >= 0.6 is 0 Å². The van der Waals surface area contributed by atoms with Crippen molar-refractivity contribution in [1.29, 1.82) is 0 Å². The van der Waals surface area contributed by atoms with Crippen molar-refractivity contribution >= 4 is 5.91 Å². The lowest BCUT2D eigenvalue weighted by molar-refractivity contribution is -0.949. The summed E-state index contributed by atoms with van der Waals surface area (Å²) in [6.07, 6.45) is 5.64. The van der Waals surface area contributed by atoms with Crippen molar-refractivity contribution < 1.29 is 24.2 Å². The number of methoxy groups -OCH3 is 1. The highest BCUT2D eigenvalue weighted by Gasteiger charge is 2.29. The Balaban J connectivity index is 1.78. The predicted molar refractivity (Wildman–Crippen MR) is 82.5 cm³/mol. The first-order valence-electron chi connectivity index (χ1n) is 8.26. The maximum Gasteiger partial charge on any atom is 0.275 e. The average molecular weight is 311 g/mol. The quantitative estimate of drug-likeness (QED) is 0.497. The molecular weight excluding hydrogens is 282 g/mol. The van der Waals surface area contributed by atoms with Gasteiger partial charge in [0.2, 0.25) is 0 Å². The Labute approximate surface area is 132 Å². The molecule has 0 bridgehead atoms. The van der Waals surface area contributed by atoms with Crippen LogP contribution < -0.4 is 15.5 Å². The third-order valence-electron chi connectivity index (χ3n) is 4.24. The topological polar surface area (TPSA) is 72.5 Å². The second-order valence-electron chi connectivity index (χ2n) is 5.86. The molecule has 124 valence electrons. The van der Waals surface area contributed by atoms with Gasteiger partial charge in [0.1, 0.15) is 6.54 Å². The van der Waals surface area contributed by atoms with Gasteiger partial charge in [0, 0.05) is 13.7 Å². The monoisotopic (exact) mass is 311 g/mol. The van der Waals surface area contributed by atoms with E-state index in [1.165, 1.54) is 32.4 Å². The fourth-order valence-corrected chi connectivity index (χ4v) is 3.07. The molecule has 22 heavy (non-hydrogen) atoms. The number of hydrogen-bond acceptors (Lipinski definition) is 3. The van der Waals surface area contributed by atoms with E-state index in [4.69, 9.17) is 9.15 Å². The lowest BCUT2D eigenvalue weighted by atomic mass is 10.1. The van der Waals surface area contributed by atoms with Gasteiger partial charge in [-0.1, -0.05) is 0 Å². The number of quaternary nitrogens is 2. The van der Waals surface area contributed by atoms with Crippen LogP contribution in [-0.2, 0) is 9.53 Å². The molecule has 6 nitrogen and oxygen atoms in total. The Hall–Kier alpha value is -1.37. The second kappa shape index (κ2) is 9.61. The Morgan fingerprint density at radius 2 is 2.27 bits per heavy atom. The third kappa shape index (κ3) is 5.44. The van der Waals surface area contributed by atoms with Gasteiger partial charge in [-0.2, -0.15) is 0 Å². The van der Waals surface area contributed by atoms with Gasteiger partial charge in [-0.3, -0.25) is 4.79 Å². The first kappa shape index (κ1) is 17.0. The van der Waals surface area contributed by atoms with Crippen LogP contribution in [0.1, 0.15) is 31.1 Å². The van der Waals surface area contributed by atoms with Gasteiger partial charge in [0.15, 0.2) is 18.3 Å². The number of ether oxygens (including phenoxy) is 1. The molecule has 1 amide bonds. The number of rotatable bonds is 9. The molecule has 6 heteroatoms. The molecule has 0 aromatic carbocycles. The maximum atomic E-state index is 11.7. The fraction of sp³-hybridized carbons (Fsp3) is 0.688. The molecule has 1 fully saturated rings. The number of carbonyl (C=O) groups is 1. The van der Waals surface area contributed by atoms with Crippen LogP contribution in [0.5, 0.6) is 0 Å². The van der Waals surface area contributed by atoms with E-state index in [0.717, 1.165) is 12.3 Å². The number of nitrogens with two attached hydrogens (primary N) is 1. The summed E-state index contributed by atoms with van der Waals surface area (Å²) in [5, 5.41) is 4.93. The van der Waals surface area contributed by atoms with Crippen LogP contribution in [0.15, 0.2) is 22.8 Å². The Bertz CT molecular complexity index is 416. The number of amides is 1. The fourth-order valence-electron chi connectivity index (χ4n) is 3.07. The number of hydrogen-bond donors (Lipinski definition) is 3. The highest BCUT2D eigenvalue weighted by molar-refractivity contribution is 5.76. The molecule has 0 radical (unpaired) electrons. The highest BCUT2D eigenvalue weighted by atomic mass is 16.5. The summed E-state index contributed by atoms with van der Waals surface area (Å²) in [7, 11) is 1.63. The van der Waals surface area contributed by atoms with Gasteiger partial charge < -0.3 is 24.7 Å². The summed E-state index contributed by atoms with van der Waals surface area (Å²) in [6.45, 7) is 4.84. The largest absolute Gasteiger partial charge is 0.463 e. The van der Waals surface area contributed by atoms with Crippen LogP contribution in [-0.4, -0.2) is 52.3 Å². The van der Waals surface area contributed by atoms with E-state index in [0.29, 0.717) is 25.7 Å². The van der Waals surface area contributed by atoms with E-state index in [-0.39, 0.29) is 5.91 Å². The van der Waals surface area contributed by atoms with Gasteiger partial charge in [-0.05, 0) is 31.4 Å². The zero-order valence-electron chi connectivity index (χ0n) is 13.5. The predicted octanol–water partition coefficient (Wildman–Crippen LogP) is -1.28. The molecule has 1 aromatic rings. The summed E-state index contributed by atoms with van der Waals surface area (Å²) < 4.78 is 10.6. The van der Waals surface area contributed by atoms with Gasteiger partial charge >= 0.3 is 0 Å². The third-order valence-corrected chi connectivity index (χ3v) is 4.24. The van der Waals surface area contributed by atoms with Crippen LogP contribution in [0.25, 0.3) is 0 Å². The normalized spacial score (nSPS) is 17.3. The Kier molecular flexibility index (Phi) is 7.42. The molecule has 1 saturated heterocycles. The van der Waals surface area contributed by atoms with Crippen molar-refractivity contribution in [2.24, 2.45) is 0 Å². The zero-order chi connectivity index (χ0) is 15.6. The summed E-state index contributed by atoms with van der Waals surface area (Å²) >= 11 is 0. The average Bonchev–Trinajstić information content (AvgIpc) is 3.07. The standard InChI is InChI=1S/C16H27N3O3/c1-21-11-7-18-16(20)13-17-12-14(15-6-5-10-22-15)19-8-3-2-4-9-19/h5-6,10,14,17H,2-4,7-9,11-13H2,1H3,(H,18,20)/p+2/t14-/m1/s1. The smallest absolute Gasteiger partial charge is 0.275 e. The summed E-state index contributed by atoms with van der Waals surface area (Å²) in [4.78, 5) is 13.3. The molecule has 0 saturated carbocycles. The molecule has 1 atom stereocenters. The first-order valence-corrected chi connectivity index (χ1v) is 8.26. The Morgan fingerprint density at radius 3 is 2.95 bits per heavy atom. The summed E-state index contributed by atoms with van der Waals surface area (Å²) in [5.74, 6) is 1.09. The molecule has 1 aliphatic rings. The maximum absolute atomic E-state index is 11.7. The molecule has 0 unspecified atom stereocenters. The summed E-state index contributed by atoms with van der Waals surface area (Å²) in [6, 6.07) is 4.34. The van der Waals surface area contributed by atoms with E-state index >= 15 is 0 Å². The molecule has 2 heterocycles. The molecule has 4 N–H and O–H groups in total. The van der Waals surface area contributed by atoms with Crippen LogP contribution in [0.3, 0.4) is 0 Å². The van der Waals surface area contributed by atoms with Crippen LogP contribution in [0, 0.1) is 0 Å². The minimum absolute atomic E-state index is 0.0592. The Morgan fingerprint density at radius 1 is 1.45 bits per heavy atom. The van der Waals surface area contributed by atoms with Gasteiger partial charge in [0.05, 0.1) is 26.0 Å². The van der Waals surface area contributed by atoms with Crippen molar-refractivity contribution in [3.05, 3.63) is 24.2 Å². The van der Waals surface area contributed by atoms with E-state index < -0.39 is 0 Å². The number of furan rings is 1. The van der Waals surface area contributed by atoms with Crippen molar-refractivity contribution in [2.45, 2.75) is 25.3 Å². The van der Waals surface area contributed by atoms with E-state index in [1.54, 1.807) is 18.3 Å². The molecule has 1 aliphatic heterocycles.